The first-order valence-electron chi connectivity index (χ1n) is 10.1. The largest absolute Gasteiger partial charge is 0.489 e. The first kappa shape index (κ1) is 21.7. The molecule has 0 aliphatic heterocycles. The summed E-state index contributed by atoms with van der Waals surface area (Å²) in [5, 5.41) is 0. The molecule has 4 aromatic carbocycles. The third-order valence-electron chi connectivity index (χ3n) is 4.89. The second-order valence-corrected chi connectivity index (χ2v) is 9.13. The van der Waals surface area contributed by atoms with Gasteiger partial charge in [0.25, 0.3) is 0 Å². The van der Waals surface area contributed by atoms with E-state index in [2.05, 4.69) is 80.4 Å². The lowest BCUT2D eigenvalue weighted by Crippen LogP contribution is -1.96. The second kappa shape index (κ2) is 10.7. The highest BCUT2D eigenvalue weighted by atomic mass is 79.9. The SMILES string of the molecule is Brc1ccc(COc2ccc(Cc3ccc(OCc4ccc(Br)cc4)cc3)cc2)cc1. The molecule has 0 saturated heterocycles. The molecule has 2 nitrogen and oxygen atoms in total. The molecule has 4 aromatic rings. The van der Waals surface area contributed by atoms with Crippen LogP contribution >= 0.6 is 31.9 Å². The molecule has 0 fully saturated rings. The minimum absolute atomic E-state index is 0.564. The molecule has 0 atom stereocenters. The van der Waals surface area contributed by atoms with Gasteiger partial charge in [-0.2, -0.15) is 0 Å². The van der Waals surface area contributed by atoms with Crippen LogP contribution in [0.5, 0.6) is 11.5 Å². The van der Waals surface area contributed by atoms with Crippen LogP contribution in [0.25, 0.3) is 0 Å². The standard InChI is InChI=1S/C27H22Br2O2/c28-24-9-1-22(2-10-24)18-30-26-13-5-20(6-14-26)17-21-7-15-27(16-8-21)31-19-23-3-11-25(29)12-4-23/h1-16H,17-19H2. The molecule has 4 rings (SSSR count). The number of rotatable bonds is 8. The maximum atomic E-state index is 5.89. The van der Waals surface area contributed by atoms with Gasteiger partial charge in [-0.25, -0.2) is 0 Å². The minimum atomic E-state index is 0.564. The lowest BCUT2D eigenvalue weighted by Gasteiger charge is -2.09. The highest BCUT2D eigenvalue weighted by molar-refractivity contribution is 9.10. The van der Waals surface area contributed by atoms with E-state index in [1.807, 2.05) is 48.5 Å². The van der Waals surface area contributed by atoms with Gasteiger partial charge in [-0.05, 0) is 77.2 Å². The molecule has 0 aliphatic carbocycles. The Bertz CT molecular complexity index is 997. The quantitative estimate of drug-likeness (QED) is 0.227. The maximum Gasteiger partial charge on any atom is 0.119 e. The molecule has 0 aliphatic rings. The van der Waals surface area contributed by atoms with Crippen LogP contribution < -0.4 is 9.47 Å². The van der Waals surface area contributed by atoms with E-state index in [1.54, 1.807) is 0 Å². The molecule has 0 saturated carbocycles. The summed E-state index contributed by atoms with van der Waals surface area (Å²) >= 11 is 6.90. The molecule has 0 unspecified atom stereocenters. The van der Waals surface area contributed by atoms with E-state index in [-0.39, 0.29) is 0 Å². The second-order valence-electron chi connectivity index (χ2n) is 7.29. The lowest BCUT2D eigenvalue weighted by atomic mass is 10.0. The zero-order chi connectivity index (χ0) is 21.5. The molecule has 0 bridgehead atoms. The molecule has 0 heterocycles. The highest BCUT2D eigenvalue weighted by Crippen LogP contribution is 2.20. The van der Waals surface area contributed by atoms with E-state index < -0.39 is 0 Å². The van der Waals surface area contributed by atoms with Crippen LogP contribution in [0.2, 0.25) is 0 Å². The summed E-state index contributed by atoms with van der Waals surface area (Å²) in [7, 11) is 0. The molecular formula is C27H22Br2O2. The van der Waals surface area contributed by atoms with Crippen molar-refractivity contribution in [2.45, 2.75) is 19.6 Å². The summed E-state index contributed by atoms with van der Waals surface area (Å²) in [4.78, 5) is 0. The summed E-state index contributed by atoms with van der Waals surface area (Å²) in [6, 6.07) is 33.0. The summed E-state index contributed by atoms with van der Waals surface area (Å²) in [6.45, 7) is 1.13. The monoisotopic (exact) mass is 536 g/mol. The van der Waals surface area contributed by atoms with Gasteiger partial charge in [0.15, 0.2) is 0 Å². The van der Waals surface area contributed by atoms with Crippen molar-refractivity contribution >= 4 is 31.9 Å². The topological polar surface area (TPSA) is 18.5 Å². The average molecular weight is 538 g/mol. The van der Waals surface area contributed by atoms with Crippen molar-refractivity contribution in [3.8, 4) is 11.5 Å². The fourth-order valence-corrected chi connectivity index (χ4v) is 3.67. The van der Waals surface area contributed by atoms with Gasteiger partial charge >= 0.3 is 0 Å². The third kappa shape index (κ3) is 6.71. The van der Waals surface area contributed by atoms with Crippen molar-refractivity contribution in [1.82, 2.24) is 0 Å². The Morgan fingerprint density at radius 2 is 0.742 bits per heavy atom. The number of halogens is 2. The molecule has 31 heavy (non-hydrogen) atoms. The first-order valence-corrected chi connectivity index (χ1v) is 11.6. The number of ether oxygens (including phenoxy) is 2. The molecule has 4 heteroatoms. The van der Waals surface area contributed by atoms with Crippen LogP contribution in [0.15, 0.2) is 106 Å². The Kier molecular flexibility index (Phi) is 7.44. The molecule has 0 aromatic heterocycles. The summed E-state index contributed by atoms with van der Waals surface area (Å²) in [5.74, 6) is 1.76. The van der Waals surface area contributed by atoms with Gasteiger partial charge in [-0.15, -0.1) is 0 Å². The van der Waals surface area contributed by atoms with Gasteiger partial charge in [0.2, 0.25) is 0 Å². The van der Waals surface area contributed by atoms with E-state index in [1.165, 1.54) is 11.1 Å². The van der Waals surface area contributed by atoms with Crippen molar-refractivity contribution in [3.63, 3.8) is 0 Å². The molecule has 0 N–H and O–H groups in total. The zero-order valence-electron chi connectivity index (χ0n) is 16.9. The van der Waals surface area contributed by atoms with E-state index >= 15 is 0 Å². The highest BCUT2D eigenvalue weighted by Gasteiger charge is 2.01. The van der Waals surface area contributed by atoms with Gasteiger partial charge in [0.05, 0.1) is 0 Å². The maximum absolute atomic E-state index is 5.89. The van der Waals surface area contributed by atoms with Crippen LogP contribution in [-0.4, -0.2) is 0 Å². The Labute approximate surface area is 200 Å². The normalized spacial score (nSPS) is 10.6. The van der Waals surface area contributed by atoms with E-state index in [0.717, 1.165) is 38.0 Å². The van der Waals surface area contributed by atoms with E-state index in [4.69, 9.17) is 9.47 Å². The Hall–Kier alpha value is -2.56. The van der Waals surface area contributed by atoms with Gasteiger partial charge in [0.1, 0.15) is 24.7 Å². The summed E-state index contributed by atoms with van der Waals surface area (Å²) in [5.41, 5.74) is 4.79. The number of hydrogen-bond donors (Lipinski definition) is 0. The van der Waals surface area contributed by atoms with Crippen LogP contribution in [-0.2, 0) is 19.6 Å². The third-order valence-corrected chi connectivity index (χ3v) is 5.95. The Morgan fingerprint density at radius 3 is 1.10 bits per heavy atom. The Morgan fingerprint density at radius 1 is 0.419 bits per heavy atom. The molecule has 0 spiro atoms. The van der Waals surface area contributed by atoms with Crippen molar-refractivity contribution in [3.05, 3.63) is 128 Å². The lowest BCUT2D eigenvalue weighted by molar-refractivity contribution is 0.306. The van der Waals surface area contributed by atoms with E-state index in [9.17, 15) is 0 Å². The molecule has 0 radical (unpaired) electrons. The van der Waals surface area contributed by atoms with E-state index in [0.29, 0.717) is 13.2 Å². The number of hydrogen-bond acceptors (Lipinski definition) is 2. The van der Waals surface area contributed by atoms with Gasteiger partial charge in [-0.3, -0.25) is 0 Å². The van der Waals surface area contributed by atoms with Gasteiger partial charge in [0, 0.05) is 8.95 Å². The van der Waals surface area contributed by atoms with Crippen LogP contribution in [0, 0.1) is 0 Å². The summed E-state index contributed by atoms with van der Waals surface area (Å²) < 4.78 is 13.9. The van der Waals surface area contributed by atoms with Crippen LogP contribution in [0.3, 0.4) is 0 Å². The van der Waals surface area contributed by atoms with Crippen LogP contribution in [0.1, 0.15) is 22.3 Å². The minimum Gasteiger partial charge on any atom is -0.489 e. The predicted octanol–water partition coefficient (Wildman–Crippen LogP) is 7.96. The molecular weight excluding hydrogens is 516 g/mol. The molecule has 156 valence electrons. The van der Waals surface area contributed by atoms with Crippen LogP contribution in [0.4, 0.5) is 0 Å². The average Bonchev–Trinajstić information content (AvgIpc) is 2.80. The van der Waals surface area contributed by atoms with Crippen molar-refractivity contribution in [2.24, 2.45) is 0 Å². The predicted molar refractivity (Wildman–Crippen MR) is 133 cm³/mol. The van der Waals surface area contributed by atoms with Crippen molar-refractivity contribution in [2.75, 3.05) is 0 Å². The fourth-order valence-electron chi connectivity index (χ4n) is 3.14. The smallest absolute Gasteiger partial charge is 0.119 e. The Balaban J connectivity index is 1.27. The summed E-state index contributed by atoms with van der Waals surface area (Å²) in [6.07, 6.45) is 0.875. The fraction of sp³-hybridized carbons (Fsp3) is 0.111. The van der Waals surface area contributed by atoms with Gasteiger partial charge < -0.3 is 9.47 Å². The number of benzene rings is 4. The van der Waals surface area contributed by atoms with Gasteiger partial charge in [-0.1, -0.05) is 80.4 Å². The van der Waals surface area contributed by atoms with Crippen molar-refractivity contribution in [1.29, 1.82) is 0 Å². The first-order chi connectivity index (χ1) is 15.1. The van der Waals surface area contributed by atoms with Crippen molar-refractivity contribution < 1.29 is 9.47 Å². The molecule has 0 amide bonds. The zero-order valence-corrected chi connectivity index (χ0v) is 20.1.